The number of nitrogens with one attached hydrogen (secondary N) is 1. The van der Waals surface area contributed by atoms with Crippen LogP contribution in [-0.2, 0) is 0 Å². The van der Waals surface area contributed by atoms with E-state index < -0.39 is 23.2 Å². The third-order valence-electron chi connectivity index (χ3n) is 2.44. The molecule has 5 nitrogen and oxygen atoms in total. The molecule has 2 rings (SSSR count). The minimum Gasteiger partial charge on any atom is -0.480 e. The van der Waals surface area contributed by atoms with E-state index in [1.807, 2.05) is 0 Å². The lowest BCUT2D eigenvalue weighted by atomic mass is 10.2. The van der Waals surface area contributed by atoms with Crippen molar-refractivity contribution in [1.82, 2.24) is 9.97 Å². The van der Waals surface area contributed by atoms with Crippen LogP contribution in [0.25, 0.3) is 0 Å². The summed E-state index contributed by atoms with van der Waals surface area (Å²) in [6.07, 6.45) is 1.09. The number of rotatable bonds is 3. The summed E-state index contributed by atoms with van der Waals surface area (Å²) in [7, 11) is 1.27. The Morgan fingerprint density at radius 2 is 2.05 bits per heavy atom. The first-order chi connectivity index (χ1) is 9.93. The summed E-state index contributed by atoms with van der Waals surface area (Å²) < 4.78 is 31.7. The first-order valence-corrected chi connectivity index (χ1v) is 6.21. The predicted octanol–water partition coefficient (Wildman–Crippen LogP) is 3.32. The molecule has 9 heteroatoms. The van der Waals surface area contributed by atoms with Gasteiger partial charge in [0.25, 0.3) is 5.91 Å². The van der Waals surface area contributed by atoms with Crippen molar-refractivity contribution >= 4 is 34.8 Å². The largest absolute Gasteiger partial charge is 0.480 e. The van der Waals surface area contributed by atoms with Crippen LogP contribution in [0.1, 0.15) is 10.4 Å². The lowest BCUT2D eigenvalue weighted by Gasteiger charge is -2.10. The van der Waals surface area contributed by atoms with Crippen molar-refractivity contribution in [3.8, 4) is 5.88 Å². The Hall–Kier alpha value is -1.99. The maximum Gasteiger partial charge on any atom is 0.262 e. The Labute approximate surface area is 127 Å². The number of benzene rings is 1. The van der Waals surface area contributed by atoms with Gasteiger partial charge >= 0.3 is 0 Å². The van der Waals surface area contributed by atoms with E-state index in [0.29, 0.717) is 0 Å². The van der Waals surface area contributed by atoms with E-state index in [9.17, 15) is 13.6 Å². The van der Waals surface area contributed by atoms with Crippen LogP contribution in [0.4, 0.5) is 14.5 Å². The van der Waals surface area contributed by atoms with Gasteiger partial charge < -0.3 is 10.1 Å². The van der Waals surface area contributed by atoms with E-state index in [1.54, 1.807) is 0 Å². The standard InChI is InChI=1S/C12H7Cl2F2N3O2/c1-21-11-5(4-17-12(14)19-11)10(20)18-9-6(13)2-3-7(15)8(9)16/h2-4H,1H3,(H,18,20). The van der Waals surface area contributed by atoms with E-state index in [2.05, 4.69) is 15.3 Å². The molecule has 2 aromatic rings. The average Bonchev–Trinajstić information content (AvgIpc) is 2.47. The van der Waals surface area contributed by atoms with E-state index >= 15 is 0 Å². The number of anilines is 1. The van der Waals surface area contributed by atoms with Crippen molar-refractivity contribution < 1.29 is 18.3 Å². The number of carbonyl (C=O) groups is 1. The molecule has 1 aromatic heterocycles. The molecule has 1 N–H and O–H groups in total. The Balaban J connectivity index is 2.37. The molecule has 0 aliphatic heterocycles. The van der Waals surface area contributed by atoms with E-state index in [1.165, 1.54) is 7.11 Å². The van der Waals surface area contributed by atoms with Crippen LogP contribution in [0.3, 0.4) is 0 Å². The molecule has 0 spiro atoms. The van der Waals surface area contributed by atoms with Gasteiger partial charge in [-0.25, -0.2) is 13.8 Å². The Bertz CT molecular complexity index is 713. The highest BCUT2D eigenvalue weighted by Gasteiger charge is 2.20. The number of aromatic nitrogens is 2. The molecule has 1 aromatic carbocycles. The van der Waals surface area contributed by atoms with Crippen molar-refractivity contribution in [3.05, 3.63) is 45.8 Å². The lowest BCUT2D eigenvalue weighted by Crippen LogP contribution is -2.16. The molecule has 0 fully saturated rings. The molecule has 1 heterocycles. The molecule has 0 bridgehead atoms. The van der Waals surface area contributed by atoms with E-state index in [-0.39, 0.29) is 21.7 Å². The maximum atomic E-state index is 13.6. The highest BCUT2D eigenvalue weighted by molar-refractivity contribution is 6.34. The van der Waals surface area contributed by atoms with Gasteiger partial charge in [0.1, 0.15) is 5.56 Å². The summed E-state index contributed by atoms with van der Waals surface area (Å²) in [5.41, 5.74) is -0.597. The van der Waals surface area contributed by atoms with E-state index in [4.69, 9.17) is 27.9 Å². The van der Waals surface area contributed by atoms with E-state index in [0.717, 1.165) is 18.3 Å². The quantitative estimate of drug-likeness (QED) is 0.691. The molecule has 21 heavy (non-hydrogen) atoms. The number of amides is 1. The van der Waals surface area contributed by atoms with Gasteiger partial charge in [0.15, 0.2) is 11.6 Å². The molecule has 0 aliphatic rings. The molecule has 0 saturated heterocycles. The number of hydrogen-bond acceptors (Lipinski definition) is 4. The Morgan fingerprint density at radius 1 is 1.33 bits per heavy atom. The second-order valence-corrected chi connectivity index (χ2v) is 4.48. The van der Waals surface area contributed by atoms with Crippen LogP contribution in [0.2, 0.25) is 10.3 Å². The van der Waals surface area contributed by atoms with Crippen LogP contribution in [0.5, 0.6) is 5.88 Å². The fourth-order valence-corrected chi connectivity index (χ4v) is 1.80. The van der Waals surface area contributed by atoms with Gasteiger partial charge in [-0.3, -0.25) is 4.79 Å². The molecule has 110 valence electrons. The number of carbonyl (C=O) groups excluding carboxylic acids is 1. The summed E-state index contributed by atoms with van der Waals surface area (Å²) in [6.45, 7) is 0. The Morgan fingerprint density at radius 3 is 2.71 bits per heavy atom. The summed E-state index contributed by atoms with van der Waals surface area (Å²) in [6, 6.07) is 1.96. The first-order valence-electron chi connectivity index (χ1n) is 5.45. The smallest absolute Gasteiger partial charge is 0.262 e. The number of methoxy groups -OCH3 is 1. The van der Waals surface area contributed by atoms with Gasteiger partial charge in [0, 0.05) is 6.20 Å². The van der Waals surface area contributed by atoms with Gasteiger partial charge in [-0.15, -0.1) is 0 Å². The monoisotopic (exact) mass is 333 g/mol. The van der Waals surface area contributed by atoms with Crippen LogP contribution < -0.4 is 10.1 Å². The molecular weight excluding hydrogens is 327 g/mol. The minimum atomic E-state index is -1.27. The maximum absolute atomic E-state index is 13.6. The fraction of sp³-hybridized carbons (Fsp3) is 0.0833. The molecule has 0 radical (unpaired) electrons. The third kappa shape index (κ3) is 3.20. The van der Waals surface area contributed by atoms with Crippen LogP contribution in [-0.4, -0.2) is 23.0 Å². The third-order valence-corrected chi connectivity index (χ3v) is 2.94. The van der Waals surface area contributed by atoms with Gasteiger partial charge in [-0.2, -0.15) is 4.98 Å². The molecule has 0 unspecified atom stereocenters. The van der Waals surface area contributed by atoms with Crippen LogP contribution in [0.15, 0.2) is 18.3 Å². The lowest BCUT2D eigenvalue weighted by molar-refractivity contribution is 0.102. The number of hydrogen-bond donors (Lipinski definition) is 1. The molecular formula is C12H7Cl2F2N3O2. The second-order valence-electron chi connectivity index (χ2n) is 3.73. The van der Waals surface area contributed by atoms with Gasteiger partial charge in [-0.1, -0.05) is 11.6 Å². The average molecular weight is 334 g/mol. The summed E-state index contributed by atoms with van der Waals surface area (Å²) >= 11 is 11.3. The summed E-state index contributed by atoms with van der Waals surface area (Å²) in [5.74, 6) is -3.35. The topological polar surface area (TPSA) is 64.1 Å². The fourth-order valence-electron chi connectivity index (χ4n) is 1.48. The normalized spacial score (nSPS) is 10.3. The number of ether oxygens (including phenoxy) is 1. The highest BCUT2D eigenvalue weighted by atomic mass is 35.5. The van der Waals surface area contributed by atoms with Crippen LogP contribution in [0, 0.1) is 11.6 Å². The highest BCUT2D eigenvalue weighted by Crippen LogP contribution is 2.28. The zero-order valence-electron chi connectivity index (χ0n) is 10.5. The zero-order chi connectivity index (χ0) is 15.6. The van der Waals surface area contributed by atoms with Crippen molar-refractivity contribution in [1.29, 1.82) is 0 Å². The van der Waals surface area contributed by atoms with Crippen molar-refractivity contribution in [2.75, 3.05) is 12.4 Å². The van der Waals surface area contributed by atoms with Gasteiger partial charge in [0.05, 0.1) is 17.8 Å². The second kappa shape index (κ2) is 6.19. The number of nitrogens with zero attached hydrogens (tertiary/aromatic N) is 2. The SMILES string of the molecule is COc1nc(Cl)ncc1C(=O)Nc1c(Cl)ccc(F)c1F. The molecule has 0 aliphatic carbocycles. The molecule has 0 atom stereocenters. The predicted molar refractivity (Wildman–Crippen MR) is 72.9 cm³/mol. The summed E-state index contributed by atoms with van der Waals surface area (Å²) in [5, 5.41) is 1.86. The minimum absolute atomic E-state index is 0.110. The van der Waals surface area contributed by atoms with Gasteiger partial charge in [-0.05, 0) is 23.7 Å². The van der Waals surface area contributed by atoms with Crippen LogP contribution >= 0.6 is 23.2 Å². The first kappa shape index (κ1) is 15.4. The van der Waals surface area contributed by atoms with Gasteiger partial charge in [0.2, 0.25) is 11.2 Å². The van der Waals surface area contributed by atoms with Crippen molar-refractivity contribution in [2.45, 2.75) is 0 Å². The van der Waals surface area contributed by atoms with Crippen molar-refractivity contribution in [2.24, 2.45) is 0 Å². The van der Waals surface area contributed by atoms with Crippen molar-refractivity contribution in [3.63, 3.8) is 0 Å². The molecule has 1 amide bonds. The molecule has 0 saturated carbocycles. The summed E-state index contributed by atoms with van der Waals surface area (Å²) in [4.78, 5) is 19.4. The number of halogens is 4. The Kier molecular flexibility index (Phi) is 4.54. The zero-order valence-corrected chi connectivity index (χ0v) is 12.0.